The normalized spacial score (nSPS) is 23.4. The molecular formula is C13H15F2NOS. The predicted octanol–water partition coefficient (Wildman–Crippen LogP) is 2.81. The molecule has 0 spiro atoms. The molecule has 1 saturated heterocycles. The van der Waals surface area contributed by atoms with Gasteiger partial charge in [0.1, 0.15) is 17.9 Å². The van der Waals surface area contributed by atoms with Gasteiger partial charge in [0, 0.05) is 24.9 Å². The zero-order valence-electron chi connectivity index (χ0n) is 10.1. The first-order valence-corrected chi connectivity index (χ1v) is 6.35. The van der Waals surface area contributed by atoms with Crippen LogP contribution < -0.4 is 0 Å². The van der Waals surface area contributed by atoms with Crippen molar-refractivity contribution in [3.05, 3.63) is 35.4 Å². The van der Waals surface area contributed by atoms with E-state index in [1.807, 2.05) is 6.92 Å². The fourth-order valence-corrected chi connectivity index (χ4v) is 2.54. The highest BCUT2D eigenvalue weighted by molar-refractivity contribution is 7.80. The summed E-state index contributed by atoms with van der Waals surface area (Å²) in [7, 11) is 0. The molecule has 1 heterocycles. The maximum Gasteiger partial charge on any atom is 0.127 e. The molecule has 1 N–H and O–H groups in total. The Morgan fingerprint density at radius 1 is 1.39 bits per heavy atom. The van der Waals surface area contributed by atoms with Crippen LogP contribution in [-0.4, -0.2) is 27.8 Å². The van der Waals surface area contributed by atoms with E-state index >= 15 is 0 Å². The molecular weight excluding hydrogens is 256 g/mol. The SMILES string of the molecule is CCC(=S)N1CC(c2cc(F)cc(F)c2)CC1O. The van der Waals surface area contributed by atoms with Gasteiger partial charge in [-0.1, -0.05) is 19.1 Å². The minimum Gasteiger partial charge on any atom is -0.374 e. The monoisotopic (exact) mass is 271 g/mol. The molecule has 5 heteroatoms. The van der Waals surface area contributed by atoms with Crippen molar-refractivity contribution >= 4 is 17.2 Å². The van der Waals surface area contributed by atoms with Gasteiger partial charge >= 0.3 is 0 Å². The summed E-state index contributed by atoms with van der Waals surface area (Å²) in [4.78, 5) is 2.41. The zero-order valence-corrected chi connectivity index (χ0v) is 10.9. The van der Waals surface area contributed by atoms with Gasteiger partial charge in [-0.25, -0.2) is 8.78 Å². The molecule has 1 fully saturated rings. The van der Waals surface area contributed by atoms with Crippen LogP contribution in [0.3, 0.4) is 0 Å². The number of likely N-dealkylation sites (tertiary alicyclic amines) is 1. The number of aliphatic hydroxyl groups excluding tert-OH is 1. The van der Waals surface area contributed by atoms with E-state index in [2.05, 4.69) is 0 Å². The largest absolute Gasteiger partial charge is 0.374 e. The van der Waals surface area contributed by atoms with Crippen molar-refractivity contribution in [2.45, 2.75) is 31.9 Å². The number of nitrogens with zero attached hydrogens (tertiary/aromatic N) is 1. The molecule has 1 aromatic rings. The second-order valence-corrected chi connectivity index (χ2v) is 4.99. The smallest absolute Gasteiger partial charge is 0.127 e. The Kier molecular flexibility index (Phi) is 3.92. The Bertz CT molecular complexity index is 446. The molecule has 1 aromatic carbocycles. The van der Waals surface area contributed by atoms with Crippen molar-refractivity contribution in [2.75, 3.05) is 6.54 Å². The Hall–Kier alpha value is -1.07. The Labute approximate surface area is 110 Å². The molecule has 2 atom stereocenters. The third kappa shape index (κ3) is 2.67. The molecule has 1 aliphatic rings. The topological polar surface area (TPSA) is 23.5 Å². The van der Waals surface area contributed by atoms with Crippen LogP contribution in [0.4, 0.5) is 8.78 Å². The fourth-order valence-electron chi connectivity index (χ4n) is 2.34. The summed E-state index contributed by atoms with van der Waals surface area (Å²) in [6, 6.07) is 3.49. The third-order valence-corrected chi connectivity index (χ3v) is 3.77. The van der Waals surface area contributed by atoms with Crippen molar-refractivity contribution in [3.63, 3.8) is 0 Å². The molecule has 0 aromatic heterocycles. The lowest BCUT2D eigenvalue weighted by Crippen LogP contribution is -2.33. The van der Waals surface area contributed by atoms with Crippen LogP contribution in [-0.2, 0) is 0 Å². The van der Waals surface area contributed by atoms with Gasteiger partial charge in [-0.05, 0) is 24.1 Å². The van der Waals surface area contributed by atoms with Crippen LogP contribution in [0.15, 0.2) is 18.2 Å². The standard InChI is InChI=1S/C13H15F2NOS/c1-2-13(18)16-7-9(5-12(16)17)8-3-10(14)6-11(15)4-8/h3-4,6,9,12,17H,2,5,7H2,1H3. The molecule has 0 aliphatic carbocycles. The van der Waals surface area contributed by atoms with Gasteiger partial charge in [0.15, 0.2) is 0 Å². The summed E-state index contributed by atoms with van der Waals surface area (Å²) in [5, 5.41) is 9.91. The molecule has 0 amide bonds. The average molecular weight is 271 g/mol. The molecule has 2 rings (SSSR count). The lowest BCUT2D eigenvalue weighted by Gasteiger charge is -2.22. The number of aliphatic hydroxyl groups is 1. The fraction of sp³-hybridized carbons (Fsp3) is 0.462. The second-order valence-electron chi connectivity index (χ2n) is 4.52. The first-order chi connectivity index (χ1) is 8.51. The first-order valence-electron chi connectivity index (χ1n) is 5.94. The maximum atomic E-state index is 13.2. The molecule has 1 aliphatic heterocycles. The summed E-state index contributed by atoms with van der Waals surface area (Å²) in [5.41, 5.74) is 0.577. The van der Waals surface area contributed by atoms with Gasteiger partial charge in [0.25, 0.3) is 0 Å². The van der Waals surface area contributed by atoms with Gasteiger partial charge < -0.3 is 10.0 Å². The van der Waals surface area contributed by atoms with Gasteiger partial charge in [-0.3, -0.25) is 0 Å². The van der Waals surface area contributed by atoms with Crippen molar-refractivity contribution in [1.82, 2.24) is 4.90 Å². The van der Waals surface area contributed by atoms with E-state index in [0.717, 1.165) is 6.07 Å². The molecule has 2 unspecified atom stereocenters. The predicted molar refractivity (Wildman–Crippen MR) is 69.3 cm³/mol. The number of hydrogen-bond donors (Lipinski definition) is 1. The summed E-state index contributed by atoms with van der Waals surface area (Å²) >= 11 is 5.16. The van der Waals surface area contributed by atoms with Crippen LogP contribution in [0, 0.1) is 11.6 Å². The zero-order chi connectivity index (χ0) is 13.3. The number of halogens is 2. The van der Waals surface area contributed by atoms with Gasteiger partial charge in [-0.2, -0.15) is 0 Å². The molecule has 0 radical (unpaired) electrons. The Morgan fingerprint density at radius 3 is 2.56 bits per heavy atom. The van der Waals surface area contributed by atoms with E-state index in [1.54, 1.807) is 4.90 Å². The highest BCUT2D eigenvalue weighted by Gasteiger charge is 2.32. The quantitative estimate of drug-likeness (QED) is 0.837. The van der Waals surface area contributed by atoms with Crippen molar-refractivity contribution in [1.29, 1.82) is 0 Å². The molecule has 2 nitrogen and oxygen atoms in total. The minimum atomic E-state index is -0.659. The molecule has 98 valence electrons. The van der Waals surface area contributed by atoms with Crippen LogP contribution in [0.5, 0.6) is 0 Å². The van der Waals surface area contributed by atoms with Crippen LogP contribution in [0.2, 0.25) is 0 Å². The van der Waals surface area contributed by atoms with E-state index in [0.29, 0.717) is 29.9 Å². The Morgan fingerprint density at radius 2 is 2.00 bits per heavy atom. The van der Waals surface area contributed by atoms with Crippen LogP contribution in [0.1, 0.15) is 31.2 Å². The first kappa shape index (κ1) is 13.4. The minimum absolute atomic E-state index is 0.0882. The van der Waals surface area contributed by atoms with Gasteiger partial charge in [-0.15, -0.1) is 0 Å². The van der Waals surface area contributed by atoms with E-state index in [4.69, 9.17) is 12.2 Å². The number of thiocarbonyl (C=S) groups is 1. The van der Waals surface area contributed by atoms with Crippen molar-refractivity contribution in [2.24, 2.45) is 0 Å². The van der Waals surface area contributed by atoms with E-state index in [-0.39, 0.29) is 5.92 Å². The van der Waals surface area contributed by atoms with Crippen molar-refractivity contribution in [3.8, 4) is 0 Å². The molecule has 0 saturated carbocycles. The summed E-state index contributed by atoms with van der Waals surface area (Å²) in [6.45, 7) is 2.43. The Balaban J connectivity index is 2.19. The lowest BCUT2D eigenvalue weighted by atomic mass is 9.98. The molecule has 0 bridgehead atoms. The van der Waals surface area contributed by atoms with Crippen molar-refractivity contribution < 1.29 is 13.9 Å². The van der Waals surface area contributed by atoms with Gasteiger partial charge in [0.05, 0.1) is 4.99 Å². The maximum absolute atomic E-state index is 13.2. The number of rotatable bonds is 2. The van der Waals surface area contributed by atoms with Crippen LogP contribution in [0.25, 0.3) is 0 Å². The van der Waals surface area contributed by atoms with E-state index in [1.165, 1.54) is 12.1 Å². The summed E-state index contributed by atoms with van der Waals surface area (Å²) in [6.07, 6.45) is 0.466. The molecule has 18 heavy (non-hydrogen) atoms. The summed E-state index contributed by atoms with van der Waals surface area (Å²) < 4.78 is 26.3. The number of hydrogen-bond acceptors (Lipinski definition) is 2. The van der Waals surface area contributed by atoms with E-state index < -0.39 is 17.9 Å². The lowest BCUT2D eigenvalue weighted by molar-refractivity contribution is 0.0867. The summed E-state index contributed by atoms with van der Waals surface area (Å²) in [5.74, 6) is -1.26. The highest BCUT2D eigenvalue weighted by atomic mass is 32.1. The van der Waals surface area contributed by atoms with Crippen LogP contribution >= 0.6 is 12.2 Å². The van der Waals surface area contributed by atoms with Gasteiger partial charge in [0.2, 0.25) is 0 Å². The second kappa shape index (κ2) is 5.28. The average Bonchev–Trinajstić information content (AvgIpc) is 2.69. The highest BCUT2D eigenvalue weighted by Crippen LogP contribution is 2.32. The third-order valence-electron chi connectivity index (χ3n) is 3.25. The number of benzene rings is 1. The van der Waals surface area contributed by atoms with E-state index in [9.17, 15) is 13.9 Å².